The van der Waals surface area contributed by atoms with Gasteiger partial charge >= 0.3 is 0 Å². The van der Waals surface area contributed by atoms with Crippen molar-refractivity contribution in [2.24, 2.45) is 11.7 Å². The minimum absolute atomic E-state index is 0.0564. The lowest BCUT2D eigenvalue weighted by Crippen LogP contribution is -2.50. The molecule has 1 aliphatic heterocycles. The summed E-state index contributed by atoms with van der Waals surface area (Å²) < 4.78 is 0. The molecule has 2 rings (SSSR count). The van der Waals surface area contributed by atoms with E-state index in [-0.39, 0.29) is 11.9 Å². The highest BCUT2D eigenvalue weighted by Crippen LogP contribution is 2.26. The van der Waals surface area contributed by atoms with E-state index in [1.165, 1.54) is 0 Å². The summed E-state index contributed by atoms with van der Waals surface area (Å²) in [5.41, 5.74) is 7.03. The number of carbonyl (C=O) groups excluding carboxylic acids is 1. The van der Waals surface area contributed by atoms with Crippen molar-refractivity contribution in [1.82, 2.24) is 4.90 Å². The maximum absolute atomic E-state index is 12.2. The topological polar surface area (TPSA) is 49.6 Å². The van der Waals surface area contributed by atoms with Gasteiger partial charge in [-0.25, -0.2) is 0 Å². The first kappa shape index (κ1) is 16.1. The number of carbonyl (C=O) groups is 1. The average molecular weight is 310 g/mol. The van der Waals surface area contributed by atoms with E-state index in [0.29, 0.717) is 12.3 Å². The van der Waals surface area contributed by atoms with E-state index < -0.39 is 0 Å². The minimum Gasteiger partial charge on any atom is -0.367 e. The normalized spacial score (nSPS) is 17.2. The summed E-state index contributed by atoms with van der Waals surface area (Å²) in [7, 11) is 0. The zero-order valence-electron chi connectivity index (χ0n) is 12.8. The molecular weight excluding hydrogens is 286 g/mol. The van der Waals surface area contributed by atoms with Crippen LogP contribution >= 0.6 is 11.6 Å². The summed E-state index contributed by atoms with van der Waals surface area (Å²) in [4.78, 5) is 16.4. The second-order valence-electron chi connectivity index (χ2n) is 5.93. The molecule has 1 aliphatic rings. The van der Waals surface area contributed by atoms with Crippen LogP contribution in [-0.4, -0.2) is 43.0 Å². The van der Waals surface area contributed by atoms with E-state index in [1.54, 1.807) is 0 Å². The van der Waals surface area contributed by atoms with Crippen molar-refractivity contribution in [3.63, 3.8) is 0 Å². The Labute approximate surface area is 131 Å². The number of rotatable bonds is 4. The molecule has 5 heteroatoms. The summed E-state index contributed by atoms with van der Waals surface area (Å²) >= 11 is 6.22. The molecule has 0 aliphatic carbocycles. The second-order valence-corrected chi connectivity index (χ2v) is 6.34. The van der Waals surface area contributed by atoms with Crippen LogP contribution in [-0.2, 0) is 4.79 Å². The van der Waals surface area contributed by atoms with Crippen LogP contribution in [0.5, 0.6) is 0 Å². The molecular formula is C16H24ClN3O. The molecule has 1 aromatic carbocycles. The predicted molar refractivity (Wildman–Crippen MR) is 87.7 cm³/mol. The molecule has 1 fully saturated rings. The van der Waals surface area contributed by atoms with Crippen molar-refractivity contribution in [2.75, 3.05) is 31.1 Å². The SMILES string of the molecule is CC(C)C(N)CC(=O)N1CCN(c2ccccc2Cl)CC1. The molecule has 0 saturated carbocycles. The number of para-hydroxylation sites is 1. The van der Waals surface area contributed by atoms with Gasteiger partial charge < -0.3 is 15.5 Å². The highest BCUT2D eigenvalue weighted by atomic mass is 35.5. The summed E-state index contributed by atoms with van der Waals surface area (Å²) in [5.74, 6) is 0.494. The van der Waals surface area contributed by atoms with Crippen molar-refractivity contribution in [3.8, 4) is 0 Å². The van der Waals surface area contributed by atoms with Crippen LogP contribution in [0, 0.1) is 5.92 Å². The summed E-state index contributed by atoms with van der Waals surface area (Å²) in [6.45, 7) is 7.18. The molecule has 1 aromatic rings. The van der Waals surface area contributed by atoms with Crippen LogP contribution < -0.4 is 10.6 Å². The van der Waals surface area contributed by atoms with E-state index in [2.05, 4.69) is 4.90 Å². The number of piperazine rings is 1. The van der Waals surface area contributed by atoms with Gasteiger partial charge in [0.1, 0.15) is 0 Å². The van der Waals surface area contributed by atoms with E-state index >= 15 is 0 Å². The quantitative estimate of drug-likeness (QED) is 0.929. The molecule has 21 heavy (non-hydrogen) atoms. The Morgan fingerprint density at radius 3 is 2.43 bits per heavy atom. The Morgan fingerprint density at radius 1 is 1.24 bits per heavy atom. The largest absolute Gasteiger partial charge is 0.367 e. The van der Waals surface area contributed by atoms with Crippen molar-refractivity contribution in [1.29, 1.82) is 0 Å². The number of benzene rings is 1. The minimum atomic E-state index is -0.0564. The molecule has 0 bridgehead atoms. The lowest BCUT2D eigenvalue weighted by Gasteiger charge is -2.37. The van der Waals surface area contributed by atoms with Crippen molar-refractivity contribution >= 4 is 23.2 Å². The van der Waals surface area contributed by atoms with Gasteiger partial charge in [0.05, 0.1) is 10.7 Å². The Kier molecular flexibility index (Phi) is 5.48. The molecule has 1 unspecified atom stereocenters. The van der Waals surface area contributed by atoms with Gasteiger partial charge in [0, 0.05) is 38.6 Å². The first-order valence-electron chi connectivity index (χ1n) is 7.52. The Balaban J connectivity index is 1.89. The third-order valence-electron chi connectivity index (χ3n) is 4.09. The first-order valence-corrected chi connectivity index (χ1v) is 7.89. The Morgan fingerprint density at radius 2 is 1.86 bits per heavy atom. The highest BCUT2D eigenvalue weighted by molar-refractivity contribution is 6.33. The Hall–Kier alpha value is -1.26. The van der Waals surface area contributed by atoms with E-state index in [1.807, 2.05) is 43.0 Å². The monoisotopic (exact) mass is 309 g/mol. The van der Waals surface area contributed by atoms with Gasteiger partial charge in [0.15, 0.2) is 0 Å². The van der Waals surface area contributed by atoms with Crippen molar-refractivity contribution in [2.45, 2.75) is 26.3 Å². The van der Waals surface area contributed by atoms with Crippen molar-refractivity contribution < 1.29 is 4.79 Å². The van der Waals surface area contributed by atoms with Gasteiger partial charge in [-0.15, -0.1) is 0 Å². The van der Waals surface area contributed by atoms with E-state index in [0.717, 1.165) is 36.9 Å². The molecule has 1 heterocycles. The summed E-state index contributed by atoms with van der Waals surface area (Å²) in [5, 5.41) is 0.763. The third-order valence-corrected chi connectivity index (χ3v) is 4.41. The highest BCUT2D eigenvalue weighted by Gasteiger charge is 2.24. The molecule has 1 atom stereocenters. The molecule has 0 radical (unpaired) electrons. The smallest absolute Gasteiger partial charge is 0.224 e. The average Bonchev–Trinajstić information content (AvgIpc) is 2.47. The molecule has 116 valence electrons. The molecule has 1 amide bonds. The third kappa shape index (κ3) is 4.11. The fourth-order valence-corrected chi connectivity index (χ4v) is 2.73. The van der Waals surface area contributed by atoms with Gasteiger partial charge in [-0.3, -0.25) is 4.79 Å². The number of amides is 1. The van der Waals surface area contributed by atoms with E-state index in [4.69, 9.17) is 17.3 Å². The number of nitrogens with two attached hydrogens (primary N) is 1. The lowest BCUT2D eigenvalue weighted by molar-refractivity contribution is -0.132. The Bertz CT molecular complexity index is 484. The maximum Gasteiger partial charge on any atom is 0.224 e. The van der Waals surface area contributed by atoms with Crippen LogP contribution in [0.25, 0.3) is 0 Å². The number of anilines is 1. The van der Waals surface area contributed by atoms with Crippen LogP contribution in [0.1, 0.15) is 20.3 Å². The van der Waals surface area contributed by atoms with Crippen molar-refractivity contribution in [3.05, 3.63) is 29.3 Å². The van der Waals surface area contributed by atoms with Gasteiger partial charge in [-0.05, 0) is 18.1 Å². The second kappa shape index (κ2) is 7.14. The van der Waals surface area contributed by atoms with E-state index in [9.17, 15) is 4.79 Å². The molecule has 0 spiro atoms. The standard InChI is InChI=1S/C16H24ClN3O/c1-12(2)14(18)11-16(21)20-9-7-19(8-10-20)15-6-4-3-5-13(15)17/h3-6,12,14H,7-11,18H2,1-2H3. The number of nitrogens with zero attached hydrogens (tertiary/aromatic N) is 2. The molecule has 2 N–H and O–H groups in total. The predicted octanol–water partition coefficient (Wildman–Crippen LogP) is 2.36. The van der Waals surface area contributed by atoms with Crippen LogP contribution in [0.3, 0.4) is 0 Å². The zero-order valence-corrected chi connectivity index (χ0v) is 13.5. The molecule has 4 nitrogen and oxygen atoms in total. The van der Waals surface area contributed by atoms with Crippen LogP contribution in [0.4, 0.5) is 5.69 Å². The summed E-state index contributed by atoms with van der Waals surface area (Å²) in [6, 6.07) is 7.78. The van der Waals surface area contributed by atoms with Gasteiger partial charge in [0.2, 0.25) is 5.91 Å². The fraction of sp³-hybridized carbons (Fsp3) is 0.562. The fourth-order valence-electron chi connectivity index (χ4n) is 2.47. The number of halogens is 1. The van der Waals surface area contributed by atoms with Crippen LogP contribution in [0.2, 0.25) is 5.02 Å². The lowest BCUT2D eigenvalue weighted by atomic mass is 10.0. The number of hydrogen-bond donors (Lipinski definition) is 1. The van der Waals surface area contributed by atoms with Gasteiger partial charge in [0.25, 0.3) is 0 Å². The first-order chi connectivity index (χ1) is 9.99. The van der Waals surface area contributed by atoms with Crippen LogP contribution in [0.15, 0.2) is 24.3 Å². The number of hydrogen-bond acceptors (Lipinski definition) is 3. The molecule has 1 saturated heterocycles. The molecule has 0 aromatic heterocycles. The zero-order chi connectivity index (χ0) is 15.4. The summed E-state index contributed by atoms with van der Waals surface area (Å²) in [6.07, 6.45) is 0.434. The van der Waals surface area contributed by atoms with Gasteiger partial charge in [-0.2, -0.15) is 0 Å². The van der Waals surface area contributed by atoms with Gasteiger partial charge in [-0.1, -0.05) is 37.6 Å². The maximum atomic E-state index is 12.2.